The third-order valence-corrected chi connectivity index (χ3v) is 4.52. The summed E-state index contributed by atoms with van der Waals surface area (Å²) < 4.78 is 44.1. The fraction of sp³-hybridized carbons (Fsp3) is 0.200. The van der Waals surface area contributed by atoms with Crippen molar-refractivity contribution in [1.82, 2.24) is 4.98 Å². The smallest absolute Gasteiger partial charge is 0.416 e. The van der Waals surface area contributed by atoms with Crippen LogP contribution in [0.15, 0.2) is 36.4 Å². The van der Waals surface area contributed by atoms with Crippen LogP contribution in [0.25, 0.3) is 10.9 Å². The van der Waals surface area contributed by atoms with Crippen molar-refractivity contribution in [2.45, 2.75) is 19.5 Å². The first-order valence-electron chi connectivity index (χ1n) is 8.49. The molecule has 2 aromatic carbocycles. The molecular weight excluding hydrogens is 389 g/mol. The summed E-state index contributed by atoms with van der Waals surface area (Å²) in [5.41, 5.74) is 0.240. The van der Waals surface area contributed by atoms with Gasteiger partial charge < -0.3 is 20.1 Å². The van der Waals surface area contributed by atoms with E-state index < -0.39 is 34.9 Å². The third kappa shape index (κ3) is 4.18. The molecule has 0 bridgehead atoms. The zero-order valence-corrected chi connectivity index (χ0v) is 15.5. The van der Waals surface area contributed by atoms with E-state index in [4.69, 9.17) is 4.74 Å². The minimum Gasteiger partial charge on any atom is -0.497 e. The van der Waals surface area contributed by atoms with Gasteiger partial charge in [-0.25, -0.2) is 4.79 Å². The summed E-state index contributed by atoms with van der Waals surface area (Å²) >= 11 is 0. The highest BCUT2D eigenvalue weighted by Gasteiger charge is 2.32. The van der Waals surface area contributed by atoms with Crippen LogP contribution in [0.4, 0.5) is 18.9 Å². The molecule has 3 N–H and O–H groups in total. The number of aryl methyl sites for hydroxylation is 1. The van der Waals surface area contributed by atoms with Crippen molar-refractivity contribution >= 4 is 28.5 Å². The summed E-state index contributed by atoms with van der Waals surface area (Å²) in [6.45, 7) is 1.77. The Morgan fingerprint density at radius 1 is 1.17 bits per heavy atom. The minimum absolute atomic E-state index is 0.158. The van der Waals surface area contributed by atoms with Gasteiger partial charge in [0, 0.05) is 16.6 Å². The van der Waals surface area contributed by atoms with E-state index in [0.717, 1.165) is 17.0 Å². The average Bonchev–Trinajstić information content (AvgIpc) is 2.95. The number of rotatable bonds is 5. The summed E-state index contributed by atoms with van der Waals surface area (Å²) in [5, 5.41) is 12.3. The van der Waals surface area contributed by atoms with E-state index in [1.165, 1.54) is 7.11 Å². The molecule has 152 valence electrons. The van der Waals surface area contributed by atoms with Gasteiger partial charge in [0.1, 0.15) is 5.75 Å². The van der Waals surface area contributed by atoms with Crippen LogP contribution in [0.1, 0.15) is 27.2 Å². The van der Waals surface area contributed by atoms with Gasteiger partial charge in [-0.05, 0) is 48.9 Å². The minimum atomic E-state index is -4.67. The molecule has 0 atom stereocenters. The van der Waals surface area contributed by atoms with Crippen LogP contribution in [-0.4, -0.2) is 29.1 Å². The Morgan fingerprint density at radius 2 is 1.90 bits per heavy atom. The zero-order chi connectivity index (χ0) is 21.3. The van der Waals surface area contributed by atoms with Crippen molar-refractivity contribution in [3.8, 4) is 5.75 Å². The summed E-state index contributed by atoms with van der Waals surface area (Å²) in [6, 6.07) is 7.39. The molecule has 0 aliphatic carbocycles. The van der Waals surface area contributed by atoms with Crippen molar-refractivity contribution in [2.75, 3.05) is 12.4 Å². The second kappa shape index (κ2) is 7.50. The molecule has 6 nitrogen and oxygen atoms in total. The van der Waals surface area contributed by atoms with Gasteiger partial charge in [0.05, 0.1) is 30.3 Å². The molecule has 29 heavy (non-hydrogen) atoms. The number of aromatic carboxylic acids is 1. The van der Waals surface area contributed by atoms with E-state index in [1.54, 1.807) is 25.1 Å². The second-order valence-corrected chi connectivity index (χ2v) is 6.43. The first-order chi connectivity index (χ1) is 13.6. The maximum absolute atomic E-state index is 13.0. The standard InChI is InChI=1S/C20H17F3N2O4/c1-10-14(15-8-12(29-2)4-6-16(15)24-10)9-18(26)25-17-7-11(20(21,22)23)3-5-13(17)19(27)28/h3-8,24H,9H2,1-2H3,(H,25,26)(H,27,28). The Kier molecular flexibility index (Phi) is 5.23. The number of H-pyrrole nitrogens is 1. The van der Waals surface area contributed by atoms with Crippen molar-refractivity contribution in [2.24, 2.45) is 0 Å². The summed E-state index contributed by atoms with van der Waals surface area (Å²) in [7, 11) is 1.51. The number of aromatic nitrogens is 1. The lowest BCUT2D eigenvalue weighted by Gasteiger charge is -2.13. The predicted octanol–water partition coefficient (Wildman–Crippen LogP) is 4.38. The van der Waals surface area contributed by atoms with Gasteiger partial charge in [0.25, 0.3) is 0 Å². The molecule has 3 rings (SSSR count). The quantitative estimate of drug-likeness (QED) is 0.586. The number of carboxylic acid groups (broad SMARTS) is 1. The Hall–Kier alpha value is -3.49. The van der Waals surface area contributed by atoms with E-state index in [2.05, 4.69) is 10.3 Å². The molecule has 0 unspecified atom stereocenters. The Balaban J connectivity index is 1.92. The van der Waals surface area contributed by atoms with Crippen molar-refractivity contribution in [1.29, 1.82) is 0 Å². The van der Waals surface area contributed by atoms with Gasteiger partial charge in [-0.15, -0.1) is 0 Å². The van der Waals surface area contributed by atoms with E-state index >= 15 is 0 Å². The SMILES string of the molecule is COc1ccc2[nH]c(C)c(CC(=O)Nc3cc(C(F)(F)F)ccc3C(=O)O)c2c1. The molecule has 0 fully saturated rings. The number of ether oxygens (including phenoxy) is 1. The number of hydrogen-bond donors (Lipinski definition) is 3. The largest absolute Gasteiger partial charge is 0.497 e. The number of aromatic amines is 1. The first-order valence-corrected chi connectivity index (χ1v) is 8.49. The molecular formula is C20H17F3N2O4. The fourth-order valence-electron chi connectivity index (χ4n) is 3.08. The lowest BCUT2D eigenvalue weighted by molar-refractivity contribution is -0.137. The number of carbonyl (C=O) groups is 2. The maximum atomic E-state index is 13.0. The Morgan fingerprint density at radius 3 is 2.52 bits per heavy atom. The lowest BCUT2D eigenvalue weighted by atomic mass is 10.1. The number of benzene rings is 2. The van der Waals surface area contributed by atoms with E-state index in [-0.39, 0.29) is 6.42 Å². The van der Waals surface area contributed by atoms with Gasteiger partial charge in [-0.1, -0.05) is 0 Å². The van der Waals surface area contributed by atoms with Crippen LogP contribution in [0.2, 0.25) is 0 Å². The highest BCUT2D eigenvalue weighted by molar-refractivity contribution is 6.02. The molecule has 0 saturated carbocycles. The summed E-state index contributed by atoms with van der Waals surface area (Å²) in [4.78, 5) is 27.0. The third-order valence-electron chi connectivity index (χ3n) is 4.52. The van der Waals surface area contributed by atoms with Crippen molar-refractivity contribution in [3.63, 3.8) is 0 Å². The Labute approximate surface area is 163 Å². The number of methoxy groups -OCH3 is 1. The zero-order valence-electron chi connectivity index (χ0n) is 15.5. The van der Waals surface area contributed by atoms with E-state index in [0.29, 0.717) is 29.1 Å². The summed E-state index contributed by atoms with van der Waals surface area (Å²) in [6.07, 6.45) is -4.82. The molecule has 1 heterocycles. The molecule has 0 radical (unpaired) electrons. The molecule has 0 saturated heterocycles. The van der Waals surface area contributed by atoms with Crippen LogP contribution >= 0.6 is 0 Å². The predicted molar refractivity (Wildman–Crippen MR) is 100 cm³/mol. The lowest BCUT2D eigenvalue weighted by Crippen LogP contribution is -2.18. The number of amides is 1. The topological polar surface area (TPSA) is 91.4 Å². The normalized spacial score (nSPS) is 11.5. The number of halogens is 3. The van der Waals surface area contributed by atoms with Crippen LogP contribution in [-0.2, 0) is 17.4 Å². The molecule has 1 amide bonds. The number of nitrogens with one attached hydrogen (secondary N) is 2. The number of carbonyl (C=O) groups excluding carboxylic acids is 1. The van der Waals surface area contributed by atoms with Crippen LogP contribution < -0.4 is 10.1 Å². The van der Waals surface area contributed by atoms with Gasteiger partial charge in [0.2, 0.25) is 5.91 Å². The molecule has 0 aliphatic heterocycles. The van der Waals surface area contributed by atoms with Crippen molar-refractivity contribution < 1.29 is 32.6 Å². The van der Waals surface area contributed by atoms with Gasteiger partial charge in [-0.2, -0.15) is 13.2 Å². The van der Waals surface area contributed by atoms with Crippen molar-refractivity contribution in [3.05, 3.63) is 58.8 Å². The van der Waals surface area contributed by atoms with Crippen LogP contribution in [0, 0.1) is 6.92 Å². The van der Waals surface area contributed by atoms with Gasteiger partial charge >= 0.3 is 12.1 Å². The monoisotopic (exact) mass is 406 g/mol. The molecule has 9 heteroatoms. The number of hydrogen-bond acceptors (Lipinski definition) is 3. The number of fused-ring (bicyclic) bond motifs is 1. The Bertz CT molecular complexity index is 1100. The number of alkyl halides is 3. The maximum Gasteiger partial charge on any atom is 0.416 e. The average molecular weight is 406 g/mol. The second-order valence-electron chi connectivity index (χ2n) is 6.43. The van der Waals surface area contributed by atoms with Gasteiger partial charge in [-0.3, -0.25) is 4.79 Å². The van der Waals surface area contributed by atoms with Crippen LogP contribution in [0.3, 0.4) is 0 Å². The molecule has 0 aliphatic rings. The molecule has 1 aromatic heterocycles. The van der Waals surface area contributed by atoms with Gasteiger partial charge in [0.15, 0.2) is 0 Å². The van der Waals surface area contributed by atoms with E-state index in [1.807, 2.05) is 0 Å². The summed E-state index contributed by atoms with van der Waals surface area (Å²) in [5.74, 6) is -1.50. The highest BCUT2D eigenvalue weighted by Crippen LogP contribution is 2.33. The highest BCUT2D eigenvalue weighted by atomic mass is 19.4. The van der Waals surface area contributed by atoms with E-state index in [9.17, 15) is 27.9 Å². The van der Waals surface area contributed by atoms with Crippen LogP contribution in [0.5, 0.6) is 5.75 Å². The first kappa shape index (κ1) is 20.2. The molecule has 3 aromatic rings. The number of anilines is 1. The fourth-order valence-corrected chi connectivity index (χ4v) is 3.08. The number of carboxylic acids is 1. The molecule has 0 spiro atoms.